The van der Waals surface area contributed by atoms with Crippen molar-refractivity contribution in [2.45, 2.75) is 19.4 Å². The van der Waals surface area contributed by atoms with Crippen molar-refractivity contribution in [1.29, 1.82) is 0 Å². The summed E-state index contributed by atoms with van der Waals surface area (Å²) in [6.45, 7) is 2.04. The van der Waals surface area contributed by atoms with Crippen molar-refractivity contribution in [2.75, 3.05) is 7.05 Å². The number of likely N-dealkylation sites (N-methyl/N-ethyl adjacent to an activating group) is 1. The van der Waals surface area contributed by atoms with E-state index < -0.39 is 0 Å². The molecule has 0 bridgehead atoms. The van der Waals surface area contributed by atoms with Crippen molar-refractivity contribution in [3.63, 3.8) is 0 Å². The molecule has 0 aliphatic rings. The molecular formula is C16H16BrCl2N. The highest BCUT2D eigenvalue weighted by Gasteiger charge is 2.15. The van der Waals surface area contributed by atoms with E-state index in [9.17, 15) is 0 Å². The molecule has 1 atom stereocenters. The molecule has 0 saturated heterocycles. The molecule has 1 unspecified atom stereocenters. The van der Waals surface area contributed by atoms with Crippen molar-refractivity contribution in [1.82, 2.24) is 5.32 Å². The molecule has 0 saturated carbocycles. The molecule has 2 aromatic rings. The molecule has 2 rings (SSSR count). The largest absolute Gasteiger partial charge is 0.313 e. The summed E-state index contributed by atoms with van der Waals surface area (Å²) in [6, 6.07) is 12.2. The normalized spacial score (nSPS) is 12.4. The van der Waals surface area contributed by atoms with Crippen molar-refractivity contribution >= 4 is 39.1 Å². The van der Waals surface area contributed by atoms with Gasteiger partial charge in [0.25, 0.3) is 0 Å². The van der Waals surface area contributed by atoms with Crippen LogP contribution in [0.25, 0.3) is 0 Å². The highest BCUT2D eigenvalue weighted by Crippen LogP contribution is 2.30. The minimum atomic E-state index is 0.182. The van der Waals surface area contributed by atoms with Crippen LogP contribution in [0.2, 0.25) is 10.0 Å². The fourth-order valence-corrected chi connectivity index (χ4v) is 3.46. The van der Waals surface area contributed by atoms with Gasteiger partial charge in [0, 0.05) is 20.6 Å². The smallest absolute Gasteiger partial charge is 0.0441 e. The Bertz CT molecular complexity index is 613. The quantitative estimate of drug-likeness (QED) is 0.739. The Balaban J connectivity index is 2.28. The Morgan fingerprint density at radius 1 is 1.15 bits per heavy atom. The summed E-state index contributed by atoms with van der Waals surface area (Å²) >= 11 is 15.9. The zero-order chi connectivity index (χ0) is 14.7. The van der Waals surface area contributed by atoms with Crippen molar-refractivity contribution in [2.24, 2.45) is 0 Å². The first-order valence-electron chi connectivity index (χ1n) is 6.38. The van der Waals surface area contributed by atoms with Gasteiger partial charge in [-0.05, 0) is 55.3 Å². The zero-order valence-electron chi connectivity index (χ0n) is 11.4. The first kappa shape index (κ1) is 15.8. The van der Waals surface area contributed by atoms with Gasteiger partial charge in [-0.25, -0.2) is 0 Å². The Labute approximate surface area is 138 Å². The lowest BCUT2D eigenvalue weighted by Gasteiger charge is -2.19. The summed E-state index contributed by atoms with van der Waals surface area (Å²) in [5, 5.41) is 4.88. The second-order valence-electron chi connectivity index (χ2n) is 4.81. The molecule has 0 fully saturated rings. The summed E-state index contributed by atoms with van der Waals surface area (Å²) in [6.07, 6.45) is 0.829. The minimum absolute atomic E-state index is 0.182. The first-order chi connectivity index (χ1) is 9.51. The van der Waals surface area contributed by atoms with Gasteiger partial charge >= 0.3 is 0 Å². The van der Waals surface area contributed by atoms with E-state index in [-0.39, 0.29) is 6.04 Å². The van der Waals surface area contributed by atoms with E-state index in [1.165, 1.54) is 11.1 Å². The highest BCUT2D eigenvalue weighted by atomic mass is 79.9. The van der Waals surface area contributed by atoms with Crippen LogP contribution in [-0.2, 0) is 6.42 Å². The molecule has 0 aromatic heterocycles. The molecule has 1 N–H and O–H groups in total. The number of rotatable bonds is 4. The molecule has 4 heteroatoms. The third-order valence-corrected chi connectivity index (χ3v) is 4.59. The number of hydrogen-bond acceptors (Lipinski definition) is 1. The van der Waals surface area contributed by atoms with Crippen LogP contribution in [0, 0.1) is 6.92 Å². The molecule has 106 valence electrons. The molecule has 2 aromatic carbocycles. The van der Waals surface area contributed by atoms with Crippen LogP contribution < -0.4 is 5.32 Å². The van der Waals surface area contributed by atoms with Gasteiger partial charge in [0.1, 0.15) is 0 Å². The van der Waals surface area contributed by atoms with Gasteiger partial charge in [-0.1, -0.05) is 57.3 Å². The fourth-order valence-electron chi connectivity index (χ4n) is 2.19. The molecule has 0 heterocycles. The molecule has 0 aliphatic carbocycles. The Morgan fingerprint density at radius 2 is 1.90 bits per heavy atom. The van der Waals surface area contributed by atoms with Crippen LogP contribution >= 0.6 is 39.1 Å². The van der Waals surface area contributed by atoms with Crippen LogP contribution in [-0.4, -0.2) is 7.05 Å². The van der Waals surface area contributed by atoms with Gasteiger partial charge in [0.05, 0.1) is 0 Å². The van der Waals surface area contributed by atoms with Gasteiger partial charge in [-0.15, -0.1) is 0 Å². The van der Waals surface area contributed by atoms with E-state index in [0.717, 1.165) is 26.5 Å². The zero-order valence-corrected chi connectivity index (χ0v) is 14.5. The third-order valence-electron chi connectivity index (χ3n) is 3.32. The van der Waals surface area contributed by atoms with Crippen LogP contribution in [0.1, 0.15) is 22.7 Å². The maximum absolute atomic E-state index is 6.32. The lowest BCUT2D eigenvalue weighted by Crippen LogP contribution is -2.19. The monoisotopic (exact) mass is 371 g/mol. The lowest BCUT2D eigenvalue weighted by atomic mass is 9.98. The van der Waals surface area contributed by atoms with E-state index in [2.05, 4.69) is 33.4 Å². The number of hydrogen-bond donors (Lipinski definition) is 1. The van der Waals surface area contributed by atoms with E-state index in [0.29, 0.717) is 0 Å². The third kappa shape index (κ3) is 3.76. The average Bonchev–Trinajstić information content (AvgIpc) is 2.39. The van der Waals surface area contributed by atoms with Crippen LogP contribution in [0.3, 0.4) is 0 Å². The van der Waals surface area contributed by atoms with E-state index >= 15 is 0 Å². The molecular weight excluding hydrogens is 357 g/mol. The van der Waals surface area contributed by atoms with Crippen LogP contribution in [0.5, 0.6) is 0 Å². The van der Waals surface area contributed by atoms with Crippen LogP contribution in [0.15, 0.2) is 40.9 Å². The Morgan fingerprint density at radius 3 is 2.50 bits per heavy atom. The summed E-state index contributed by atoms with van der Waals surface area (Å²) in [5.74, 6) is 0. The summed E-state index contributed by atoms with van der Waals surface area (Å²) < 4.78 is 1.01. The van der Waals surface area contributed by atoms with Gasteiger partial charge in [0.2, 0.25) is 0 Å². The summed E-state index contributed by atoms with van der Waals surface area (Å²) in [7, 11) is 1.95. The second kappa shape index (κ2) is 6.95. The first-order valence-corrected chi connectivity index (χ1v) is 7.93. The van der Waals surface area contributed by atoms with Crippen molar-refractivity contribution < 1.29 is 0 Å². The topological polar surface area (TPSA) is 12.0 Å². The maximum Gasteiger partial charge on any atom is 0.0441 e. The predicted octanol–water partition coefficient (Wildman–Crippen LogP) is 5.57. The van der Waals surface area contributed by atoms with Gasteiger partial charge in [-0.2, -0.15) is 0 Å². The molecule has 0 spiro atoms. The van der Waals surface area contributed by atoms with Crippen molar-refractivity contribution in [3.8, 4) is 0 Å². The predicted molar refractivity (Wildman–Crippen MR) is 90.8 cm³/mol. The standard InChI is InChI=1S/C16H16BrCl2N/c1-10-3-4-11(15(19)7-10)8-16(20-2)13-6-5-12(18)9-14(13)17/h3-7,9,16,20H,8H2,1-2H3. The molecule has 1 nitrogen and oxygen atoms in total. The molecule has 0 amide bonds. The molecule has 0 radical (unpaired) electrons. The van der Waals surface area contributed by atoms with Crippen LogP contribution in [0.4, 0.5) is 0 Å². The van der Waals surface area contributed by atoms with Gasteiger partial charge < -0.3 is 5.32 Å². The molecule has 0 aliphatic heterocycles. The van der Waals surface area contributed by atoms with Gasteiger partial charge in [0.15, 0.2) is 0 Å². The second-order valence-corrected chi connectivity index (χ2v) is 6.50. The number of nitrogens with one attached hydrogen (secondary N) is 1. The highest BCUT2D eigenvalue weighted by molar-refractivity contribution is 9.10. The number of benzene rings is 2. The number of aryl methyl sites for hydroxylation is 1. The Hall–Kier alpha value is -0.540. The summed E-state index contributed by atoms with van der Waals surface area (Å²) in [4.78, 5) is 0. The fraction of sp³-hybridized carbons (Fsp3) is 0.250. The summed E-state index contributed by atoms with van der Waals surface area (Å²) in [5.41, 5.74) is 3.49. The van der Waals surface area contributed by atoms with Gasteiger partial charge in [-0.3, -0.25) is 0 Å². The van der Waals surface area contributed by atoms with E-state index in [4.69, 9.17) is 23.2 Å². The van der Waals surface area contributed by atoms with E-state index in [1.807, 2.05) is 38.2 Å². The SMILES string of the molecule is CNC(Cc1ccc(C)cc1Cl)c1ccc(Cl)cc1Br. The minimum Gasteiger partial charge on any atom is -0.313 e. The Kier molecular flexibility index (Phi) is 5.50. The maximum atomic E-state index is 6.32. The lowest BCUT2D eigenvalue weighted by molar-refractivity contribution is 0.590. The van der Waals surface area contributed by atoms with E-state index in [1.54, 1.807) is 0 Å². The van der Waals surface area contributed by atoms with Crippen molar-refractivity contribution in [3.05, 3.63) is 67.6 Å². The number of halogens is 3. The average molecular weight is 373 g/mol. The molecule has 20 heavy (non-hydrogen) atoms.